The van der Waals surface area contributed by atoms with E-state index >= 15 is 0 Å². The predicted octanol–water partition coefficient (Wildman–Crippen LogP) is 3.25. The van der Waals surface area contributed by atoms with Crippen molar-refractivity contribution in [2.75, 3.05) is 0 Å². The van der Waals surface area contributed by atoms with E-state index in [2.05, 4.69) is 12.0 Å². The Bertz CT molecular complexity index is 358. The van der Waals surface area contributed by atoms with Crippen molar-refractivity contribution in [3.63, 3.8) is 0 Å². The minimum absolute atomic E-state index is 0.316. The van der Waals surface area contributed by atoms with Crippen LogP contribution in [0.25, 0.3) is 0 Å². The molecule has 0 atom stereocenters. The number of rotatable bonds is 8. The summed E-state index contributed by atoms with van der Waals surface area (Å²) < 4.78 is 1.79. The minimum Gasteiger partial charge on any atom is -0.478 e. The van der Waals surface area contributed by atoms with Crippen LogP contribution in [0.4, 0.5) is 0 Å². The maximum absolute atomic E-state index is 10.8. The van der Waals surface area contributed by atoms with Gasteiger partial charge in [-0.3, -0.25) is 4.68 Å². The number of unbranched alkanes of at least 4 members (excludes halogenated alkanes) is 5. The number of carbonyl (C=O) groups is 1. The lowest BCUT2D eigenvalue weighted by Crippen LogP contribution is -2.04. The summed E-state index contributed by atoms with van der Waals surface area (Å²) in [5.74, 6) is -0.892. The number of aromatic carboxylic acids is 1. The smallest absolute Gasteiger partial charge is 0.339 e. The lowest BCUT2D eigenvalue weighted by atomic mass is 10.1. The Balaban J connectivity index is 2.30. The Hall–Kier alpha value is -1.32. The Kier molecular flexibility index (Phi) is 5.73. The van der Waals surface area contributed by atoms with E-state index in [1.807, 2.05) is 6.92 Å². The van der Waals surface area contributed by atoms with Crippen molar-refractivity contribution in [1.29, 1.82) is 0 Å². The zero-order valence-corrected chi connectivity index (χ0v) is 10.8. The molecule has 0 unspecified atom stereocenters. The topological polar surface area (TPSA) is 55.1 Å². The molecule has 4 nitrogen and oxygen atoms in total. The zero-order valence-electron chi connectivity index (χ0n) is 10.8. The molecule has 0 aliphatic carbocycles. The second-order valence-electron chi connectivity index (χ2n) is 4.44. The molecule has 1 rings (SSSR count). The molecule has 0 aliphatic rings. The van der Waals surface area contributed by atoms with Gasteiger partial charge < -0.3 is 5.11 Å². The first kappa shape index (κ1) is 13.7. The fourth-order valence-electron chi connectivity index (χ4n) is 1.92. The van der Waals surface area contributed by atoms with Gasteiger partial charge in [-0.05, 0) is 13.3 Å². The maximum atomic E-state index is 10.8. The Morgan fingerprint density at radius 3 is 2.53 bits per heavy atom. The largest absolute Gasteiger partial charge is 0.478 e. The number of carboxylic acid groups (broad SMARTS) is 1. The fourth-order valence-corrected chi connectivity index (χ4v) is 1.92. The number of hydrogen-bond acceptors (Lipinski definition) is 2. The van der Waals surface area contributed by atoms with Crippen LogP contribution >= 0.6 is 0 Å². The fraction of sp³-hybridized carbons (Fsp3) is 0.692. The van der Waals surface area contributed by atoms with E-state index in [1.54, 1.807) is 4.68 Å². The highest BCUT2D eigenvalue weighted by atomic mass is 16.4. The van der Waals surface area contributed by atoms with Crippen molar-refractivity contribution in [2.24, 2.45) is 0 Å². The van der Waals surface area contributed by atoms with Crippen LogP contribution in [0.2, 0.25) is 0 Å². The summed E-state index contributed by atoms with van der Waals surface area (Å²) in [6, 6.07) is 0. The lowest BCUT2D eigenvalue weighted by molar-refractivity contribution is 0.0696. The number of nitrogens with zero attached hydrogens (tertiary/aromatic N) is 2. The Morgan fingerprint density at radius 2 is 1.94 bits per heavy atom. The molecule has 17 heavy (non-hydrogen) atoms. The highest BCUT2D eigenvalue weighted by Gasteiger charge is 2.11. The van der Waals surface area contributed by atoms with Gasteiger partial charge in [0.1, 0.15) is 5.56 Å². The van der Waals surface area contributed by atoms with Crippen LogP contribution in [0.3, 0.4) is 0 Å². The predicted molar refractivity (Wildman–Crippen MR) is 67.3 cm³/mol. The highest BCUT2D eigenvalue weighted by molar-refractivity contribution is 5.88. The van der Waals surface area contributed by atoms with Crippen LogP contribution in [0.5, 0.6) is 0 Å². The van der Waals surface area contributed by atoms with Crippen LogP contribution in [-0.2, 0) is 6.54 Å². The van der Waals surface area contributed by atoms with Gasteiger partial charge in [0.25, 0.3) is 0 Å². The molecule has 0 aliphatic heterocycles. The van der Waals surface area contributed by atoms with Crippen molar-refractivity contribution in [3.05, 3.63) is 17.5 Å². The number of carboxylic acids is 1. The molecule has 1 aromatic rings. The third kappa shape index (κ3) is 4.21. The first-order chi connectivity index (χ1) is 8.16. The molecule has 96 valence electrons. The van der Waals surface area contributed by atoms with Crippen LogP contribution in [0.15, 0.2) is 6.20 Å². The van der Waals surface area contributed by atoms with E-state index in [0.29, 0.717) is 5.56 Å². The van der Waals surface area contributed by atoms with Crippen LogP contribution in [0.1, 0.15) is 61.5 Å². The third-order valence-electron chi connectivity index (χ3n) is 3.06. The SMILES string of the molecule is CCCCCCCCn1ncc(C(=O)O)c1C. The molecule has 0 saturated heterocycles. The Morgan fingerprint density at radius 1 is 1.29 bits per heavy atom. The van der Waals surface area contributed by atoms with E-state index < -0.39 is 5.97 Å². The van der Waals surface area contributed by atoms with Crippen molar-refractivity contribution in [3.8, 4) is 0 Å². The second-order valence-corrected chi connectivity index (χ2v) is 4.44. The molecule has 0 bridgehead atoms. The van der Waals surface area contributed by atoms with Gasteiger partial charge >= 0.3 is 5.97 Å². The summed E-state index contributed by atoms with van der Waals surface area (Å²) in [6.07, 6.45) is 8.85. The molecule has 4 heteroatoms. The van der Waals surface area contributed by atoms with E-state index in [-0.39, 0.29) is 0 Å². The molecule has 0 radical (unpaired) electrons. The van der Waals surface area contributed by atoms with Gasteiger partial charge in [-0.2, -0.15) is 5.10 Å². The minimum atomic E-state index is -0.892. The molecular weight excluding hydrogens is 216 g/mol. The lowest BCUT2D eigenvalue weighted by Gasteiger charge is -2.04. The number of aryl methyl sites for hydroxylation is 1. The van der Waals surface area contributed by atoms with Crippen LogP contribution in [-0.4, -0.2) is 20.9 Å². The van der Waals surface area contributed by atoms with E-state index in [4.69, 9.17) is 5.11 Å². The summed E-state index contributed by atoms with van der Waals surface area (Å²) in [4.78, 5) is 10.8. The summed E-state index contributed by atoms with van der Waals surface area (Å²) in [6.45, 7) is 4.85. The van der Waals surface area contributed by atoms with Gasteiger partial charge in [0.2, 0.25) is 0 Å². The molecule has 0 aromatic carbocycles. The molecule has 1 aromatic heterocycles. The molecule has 0 fully saturated rings. The second kappa shape index (κ2) is 7.09. The van der Waals surface area contributed by atoms with E-state index in [9.17, 15) is 4.79 Å². The first-order valence-corrected chi connectivity index (χ1v) is 6.42. The molecule has 0 amide bonds. The molecular formula is C13H22N2O2. The van der Waals surface area contributed by atoms with E-state index in [1.165, 1.54) is 38.3 Å². The third-order valence-corrected chi connectivity index (χ3v) is 3.06. The summed E-state index contributed by atoms with van der Waals surface area (Å²) >= 11 is 0. The first-order valence-electron chi connectivity index (χ1n) is 6.42. The van der Waals surface area contributed by atoms with Crippen molar-refractivity contribution >= 4 is 5.97 Å². The number of hydrogen-bond donors (Lipinski definition) is 1. The van der Waals surface area contributed by atoms with Crippen molar-refractivity contribution in [1.82, 2.24) is 9.78 Å². The van der Waals surface area contributed by atoms with Crippen molar-refractivity contribution < 1.29 is 9.90 Å². The average molecular weight is 238 g/mol. The summed E-state index contributed by atoms with van der Waals surface area (Å²) in [7, 11) is 0. The standard InChI is InChI=1S/C13H22N2O2/c1-3-4-5-6-7-8-9-15-11(2)12(10-14-15)13(16)17/h10H,3-9H2,1-2H3,(H,16,17). The molecule has 0 spiro atoms. The quantitative estimate of drug-likeness (QED) is 0.707. The maximum Gasteiger partial charge on any atom is 0.339 e. The van der Waals surface area contributed by atoms with E-state index in [0.717, 1.165) is 18.7 Å². The zero-order chi connectivity index (χ0) is 12.7. The van der Waals surface area contributed by atoms with Gasteiger partial charge in [-0.1, -0.05) is 39.0 Å². The molecule has 0 saturated carbocycles. The van der Waals surface area contributed by atoms with Crippen LogP contribution < -0.4 is 0 Å². The summed E-state index contributed by atoms with van der Waals surface area (Å²) in [5.41, 5.74) is 1.07. The highest BCUT2D eigenvalue weighted by Crippen LogP contribution is 2.10. The normalized spacial score (nSPS) is 10.7. The summed E-state index contributed by atoms with van der Waals surface area (Å²) in [5, 5.41) is 13.0. The molecule has 1 N–H and O–H groups in total. The van der Waals surface area contributed by atoms with Crippen molar-refractivity contribution in [2.45, 2.75) is 58.9 Å². The van der Waals surface area contributed by atoms with Gasteiger partial charge in [-0.25, -0.2) is 4.79 Å². The molecule has 1 heterocycles. The van der Waals surface area contributed by atoms with Gasteiger partial charge in [0.05, 0.1) is 6.20 Å². The van der Waals surface area contributed by atoms with Gasteiger partial charge in [-0.15, -0.1) is 0 Å². The van der Waals surface area contributed by atoms with Gasteiger partial charge in [0, 0.05) is 12.2 Å². The monoisotopic (exact) mass is 238 g/mol. The van der Waals surface area contributed by atoms with Gasteiger partial charge in [0.15, 0.2) is 0 Å². The Labute approximate surface area is 103 Å². The van der Waals surface area contributed by atoms with Crippen LogP contribution in [0, 0.1) is 6.92 Å². The average Bonchev–Trinajstić information content (AvgIpc) is 2.65. The number of aromatic nitrogens is 2.